The Morgan fingerprint density at radius 1 is 1.35 bits per heavy atom. The third-order valence-electron chi connectivity index (χ3n) is 4.77. The summed E-state index contributed by atoms with van der Waals surface area (Å²) in [6, 6.07) is 0.744. The lowest BCUT2D eigenvalue weighted by molar-refractivity contribution is -0.130. The summed E-state index contributed by atoms with van der Waals surface area (Å²) in [6.45, 7) is 10.9. The molecule has 0 aromatic heterocycles. The summed E-state index contributed by atoms with van der Waals surface area (Å²) in [5.74, 6) is 0.409. The Balaban J connectivity index is 1.92. The second kappa shape index (κ2) is 7.84. The van der Waals surface area contributed by atoms with Crippen LogP contribution in [0.4, 0.5) is 4.79 Å². The zero-order chi connectivity index (χ0) is 17.0. The van der Waals surface area contributed by atoms with E-state index < -0.39 is 5.60 Å². The van der Waals surface area contributed by atoms with Crippen LogP contribution in [0.3, 0.4) is 0 Å². The van der Waals surface area contributed by atoms with Crippen molar-refractivity contribution in [3.63, 3.8) is 0 Å². The number of ether oxygens (including phenoxy) is 2. The predicted octanol–water partition coefficient (Wildman–Crippen LogP) is 3.23. The van der Waals surface area contributed by atoms with Crippen molar-refractivity contribution in [2.75, 3.05) is 6.61 Å². The van der Waals surface area contributed by atoms with Crippen LogP contribution < -0.4 is 10.6 Å². The normalized spacial score (nSPS) is 31.7. The van der Waals surface area contributed by atoms with Crippen molar-refractivity contribution in [1.82, 2.24) is 10.6 Å². The molecule has 5 unspecified atom stereocenters. The maximum atomic E-state index is 12.1. The number of fused-ring (bicyclic) bond motifs is 1. The molecule has 1 saturated heterocycles. The topological polar surface area (TPSA) is 59.6 Å². The summed E-state index contributed by atoms with van der Waals surface area (Å²) < 4.78 is 11.4. The SMILES string of the molecule is CCCCC(C)NC1C(NC(=O)OC(C)(C)C)C2CCCOC21. The van der Waals surface area contributed by atoms with Gasteiger partial charge in [0.05, 0.1) is 18.2 Å². The van der Waals surface area contributed by atoms with Crippen molar-refractivity contribution < 1.29 is 14.3 Å². The lowest BCUT2D eigenvalue weighted by atomic mass is 9.68. The lowest BCUT2D eigenvalue weighted by Gasteiger charge is -2.54. The van der Waals surface area contributed by atoms with Gasteiger partial charge in [0.15, 0.2) is 0 Å². The van der Waals surface area contributed by atoms with E-state index in [1.807, 2.05) is 20.8 Å². The van der Waals surface area contributed by atoms with E-state index in [9.17, 15) is 4.79 Å². The van der Waals surface area contributed by atoms with Crippen molar-refractivity contribution >= 4 is 6.09 Å². The van der Waals surface area contributed by atoms with Crippen LogP contribution in [0.2, 0.25) is 0 Å². The molecule has 2 fully saturated rings. The first-order valence-corrected chi connectivity index (χ1v) is 9.19. The minimum Gasteiger partial charge on any atom is -0.444 e. The van der Waals surface area contributed by atoms with Gasteiger partial charge in [-0.15, -0.1) is 0 Å². The van der Waals surface area contributed by atoms with Gasteiger partial charge in [0.1, 0.15) is 5.60 Å². The number of rotatable bonds is 6. The molecule has 0 spiro atoms. The Kier molecular flexibility index (Phi) is 6.32. The monoisotopic (exact) mass is 326 g/mol. The van der Waals surface area contributed by atoms with Gasteiger partial charge in [-0.05, 0) is 47.0 Å². The number of hydrogen-bond acceptors (Lipinski definition) is 4. The average molecular weight is 326 g/mol. The number of carbonyl (C=O) groups excluding carboxylic acids is 1. The summed E-state index contributed by atoms with van der Waals surface area (Å²) in [4.78, 5) is 12.1. The highest BCUT2D eigenvalue weighted by molar-refractivity contribution is 5.68. The molecule has 1 aliphatic heterocycles. The van der Waals surface area contributed by atoms with E-state index in [0.717, 1.165) is 25.9 Å². The maximum Gasteiger partial charge on any atom is 0.407 e. The number of amides is 1. The highest BCUT2D eigenvalue weighted by atomic mass is 16.6. The van der Waals surface area contributed by atoms with Gasteiger partial charge < -0.3 is 20.1 Å². The molecule has 0 aromatic carbocycles. The molecule has 23 heavy (non-hydrogen) atoms. The van der Waals surface area contributed by atoms with Crippen LogP contribution in [0.5, 0.6) is 0 Å². The Bertz CT molecular complexity index is 394. The van der Waals surface area contributed by atoms with Gasteiger partial charge in [0.25, 0.3) is 0 Å². The lowest BCUT2D eigenvalue weighted by Crippen LogP contribution is -2.74. The molecule has 1 amide bonds. The Hall–Kier alpha value is -0.810. The summed E-state index contributed by atoms with van der Waals surface area (Å²) in [5.41, 5.74) is -0.465. The third kappa shape index (κ3) is 5.08. The van der Waals surface area contributed by atoms with Crippen LogP contribution >= 0.6 is 0 Å². The van der Waals surface area contributed by atoms with Crippen LogP contribution in [0.1, 0.15) is 66.7 Å². The number of alkyl carbamates (subject to hydrolysis) is 1. The Labute approximate surface area is 140 Å². The van der Waals surface area contributed by atoms with Gasteiger partial charge in [-0.1, -0.05) is 19.8 Å². The summed E-state index contributed by atoms with van der Waals surface area (Å²) in [5, 5.41) is 6.75. The highest BCUT2D eigenvalue weighted by Crippen LogP contribution is 2.38. The fourth-order valence-electron chi connectivity index (χ4n) is 3.67. The minimum absolute atomic E-state index is 0.110. The van der Waals surface area contributed by atoms with Gasteiger partial charge in [0.2, 0.25) is 0 Å². The standard InChI is InChI=1S/C18H34N2O3/c1-6-7-9-12(2)19-15-14(13-10-8-11-22-16(13)15)20-17(21)23-18(3,4)5/h12-16,19H,6-11H2,1-5H3,(H,20,21). The van der Waals surface area contributed by atoms with Crippen molar-refractivity contribution in [3.8, 4) is 0 Å². The molecule has 5 nitrogen and oxygen atoms in total. The zero-order valence-corrected chi connectivity index (χ0v) is 15.4. The summed E-state index contributed by atoms with van der Waals surface area (Å²) in [7, 11) is 0. The second-order valence-electron chi connectivity index (χ2n) is 8.05. The first kappa shape index (κ1) is 18.5. The second-order valence-corrected chi connectivity index (χ2v) is 8.05. The molecular formula is C18H34N2O3. The van der Waals surface area contributed by atoms with Gasteiger partial charge in [-0.25, -0.2) is 4.79 Å². The van der Waals surface area contributed by atoms with Crippen LogP contribution in [0.15, 0.2) is 0 Å². The maximum absolute atomic E-state index is 12.1. The molecule has 0 aromatic rings. The van der Waals surface area contributed by atoms with Crippen molar-refractivity contribution in [2.45, 2.75) is 96.6 Å². The van der Waals surface area contributed by atoms with Crippen LogP contribution in [-0.2, 0) is 9.47 Å². The van der Waals surface area contributed by atoms with E-state index in [1.54, 1.807) is 0 Å². The van der Waals surface area contributed by atoms with E-state index in [2.05, 4.69) is 24.5 Å². The quantitative estimate of drug-likeness (QED) is 0.787. The number of hydrogen-bond donors (Lipinski definition) is 2. The van der Waals surface area contributed by atoms with Crippen molar-refractivity contribution in [2.24, 2.45) is 5.92 Å². The van der Waals surface area contributed by atoms with Crippen LogP contribution in [-0.4, -0.2) is 42.5 Å². The molecule has 1 heterocycles. The van der Waals surface area contributed by atoms with Gasteiger partial charge in [-0.2, -0.15) is 0 Å². The Morgan fingerprint density at radius 3 is 2.74 bits per heavy atom. The average Bonchev–Trinajstić information content (AvgIpc) is 2.46. The fourth-order valence-corrected chi connectivity index (χ4v) is 3.67. The molecule has 5 atom stereocenters. The molecule has 1 saturated carbocycles. The molecule has 0 bridgehead atoms. The summed E-state index contributed by atoms with van der Waals surface area (Å²) >= 11 is 0. The molecular weight excluding hydrogens is 292 g/mol. The van der Waals surface area contributed by atoms with E-state index >= 15 is 0 Å². The highest BCUT2D eigenvalue weighted by Gasteiger charge is 2.53. The Morgan fingerprint density at radius 2 is 2.09 bits per heavy atom. The van der Waals surface area contributed by atoms with Gasteiger partial charge >= 0.3 is 6.09 Å². The van der Waals surface area contributed by atoms with E-state index in [4.69, 9.17) is 9.47 Å². The van der Waals surface area contributed by atoms with E-state index in [1.165, 1.54) is 12.8 Å². The van der Waals surface area contributed by atoms with E-state index in [-0.39, 0.29) is 24.3 Å². The number of nitrogens with one attached hydrogen (secondary N) is 2. The number of unbranched alkanes of at least 4 members (excludes halogenated alkanes) is 1. The van der Waals surface area contributed by atoms with Crippen molar-refractivity contribution in [1.29, 1.82) is 0 Å². The smallest absolute Gasteiger partial charge is 0.407 e. The van der Waals surface area contributed by atoms with E-state index in [0.29, 0.717) is 12.0 Å². The number of carbonyl (C=O) groups is 1. The van der Waals surface area contributed by atoms with Gasteiger partial charge in [-0.3, -0.25) is 0 Å². The molecule has 5 heteroatoms. The first-order valence-electron chi connectivity index (χ1n) is 9.19. The summed E-state index contributed by atoms with van der Waals surface area (Å²) in [6.07, 6.45) is 5.69. The first-order chi connectivity index (χ1) is 10.8. The molecule has 2 rings (SSSR count). The van der Waals surface area contributed by atoms with Crippen molar-refractivity contribution in [3.05, 3.63) is 0 Å². The fraction of sp³-hybridized carbons (Fsp3) is 0.944. The molecule has 2 N–H and O–H groups in total. The predicted molar refractivity (Wildman–Crippen MR) is 91.5 cm³/mol. The van der Waals surface area contributed by atoms with Crippen LogP contribution in [0.25, 0.3) is 0 Å². The molecule has 0 radical (unpaired) electrons. The van der Waals surface area contributed by atoms with Crippen LogP contribution in [0, 0.1) is 5.92 Å². The molecule has 1 aliphatic carbocycles. The third-order valence-corrected chi connectivity index (χ3v) is 4.77. The zero-order valence-electron chi connectivity index (χ0n) is 15.4. The van der Waals surface area contributed by atoms with Gasteiger partial charge in [0, 0.05) is 18.6 Å². The molecule has 134 valence electrons. The largest absolute Gasteiger partial charge is 0.444 e. The molecule has 2 aliphatic rings. The minimum atomic E-state index is -0.465.